The first kappa shape index (κ1) is 12.5. The van der Waals surface area contributed by atoms with E-state index < -0.39 is 4.08 Å². The summed E-state index contributed by atoms with van der Waals surface area (Å²) in [5.74, 6) is 2.02. The normalized spacial score (nSPS) is 19.2. The van der Waals surface area contributed by atoms with Gasteiger partial charge in [-0.15, -0.1) is 30.1 Å². The van der Waals surface area contributed by atoms with E-state index >= 15 is 0 Å². The fourth-order valence-electron chi connectivity index (χ4n) is 1.33. The smallest absolute Gasteiger partial charge is 0.246 e. The number of hydrogen-bond acceptors (Lipinski definition) is 4. The van der Waals surface area contributed by atoms with Gasteiger partial charge in [-0.1, -0.05) is 6.08 Å². The highest BCUT2D eigenvalue weighted by molar-refractivity contribution is 8.22. The summed E-state index contributed by atoms with van der Waals surface area (Å²) in [7, 11) is 0. The molecule has 0 unspecified atom stereocenters. The molecule has 1 rings (SSSR count). The van der Waals surface area contributed by atoms with E-state index in [2.05, 4.69) is 11.9 Å². The maximum atomic E-state index is 11.9. The van der Waals surface area contributed by atoms with Gasteiger partial charge in [0, 0.05) is 18.1 Å². The molecule has 0 saturated carbocycles. The molecule has 0 aliphatic carbocycles. The summed E-state index contributed by atoms with van der Waals surface area (Å²) < 4.78 is -0.398. The number of allylic oxidation sites excluding steroid dienone is 1. The Labute approximate surface area is 98.4 Å². The lowest BCUT2D eigenvalue weighted by atomic mass is 10.2. The van der Waals surface area contributed by atoms with Gasteiger partial charge in [0.05, 0.1) is 6.26 Å². The number of aliphatic hydroxyl groups excluding tert-OH is 1. The molecule has 1 amide bonds. The van der Waals surface area contributed by atoms with Crippen LogP contribution in [0.5, 0.6) is 0 Å². The van der Waals surface area contributed by atoms with E-state index in [0.29, 0.717) is 13.0 Å². The molecule has 15 heavy (non-hydrogen) atoms. The van der Waals surface area contributed by atoms with E-state index in [9.17, 15) is 4.79 Å². The minimum Gasteiger partial charge on any atom is -0.516 e. The summed E-state index contributed by atoms with van der Waals surface area (Å²) in [4.78, 5) is 11.9. The van der Waals surface area contributed by atoms with Crippen LogP contribution < -0.4 is 5.32 Å². The highest BCUT2D eigenvalue weighted by Crippen LogP contribution is 2.46. The van der Waals surface area contributed by atoms with Crippen LogP contribution in [0.25, 0.3) is 0 Å². The van der Waals surface area contributed by atoms with Gasteiger partial charge in [0.1, 0.15) is 4.08 Å². The number of thioether (sulfide) groups is 2. The van der Waals surface area contributed by atoms with E-state index in [1.807, 2.05) is 0 Å². The van der Waals surface area contributed by atoms with E-state index in [1.54, 1.807) is 29.6 Å². The molecule has 84 valence electrons. The van der Waals surface area contributed by atoms with Gasteiger partial charge in [-0.2, -0.15) is 0 Å². The number of amides is 1. The fraction of sp³-hybridized carbons (Fsp3) is 0.500. The van der Waals surface area contributed by atoms with Crippen molar-refractivity contribution in [3.63, 3.8) is 0 Å². The Bertz CT molecular complexity index is 260. The first-order chi connectivity index (χ1) is 7.25. The highest BCUT2D eigenvalue weighted by atomic mass is 32.2. The standard InChI is InChI=1S/C10H15NO2S2/c1-2-4-10(14-7-8-15-10)9(13)11-5-3-6-12/h2-3,6,12H,1,4-5,7-8H2,(H,11,13). The summed E-state index contributed by atoms with van der Waals surface area (Å²) in [5.41, 5.74) is 0. The van der Waals surface area contributed by atoms with Crippen molar-refractivity contribution in [2.75, 3.05) is 18.1 Å². The van der Waals surface area contributed by atoms with Gasteiger partial charge >= 0.3 is 0 Å². The minimum atomic E-state index is -0.398. The van der Waals surface area contributed by atoms with Gasteiger partial charge in [0.15, 0.2) is 0 Å². The molecule has 1 saturated heterocycles. The zero-order chi connectivity index (χ0) is 11.1. The third-order valence-corrected chi connectivity index (χ3v) is 5.42. The van der Waals surface area contributed by atoms with Crippen molar-refractivity contribution in [2.45, 2.75) is 10.5 Å². The highest BCUT2D eigenvalue weighted by Gasteiger charge is 2.41. The van der Waals surface area contributed by atoms with E-state index in [1.165, 1.54) is 6.08 Å². The molecule has 0 atom stereocenters. The molecule has 0 aromatic heterocycles. The van der Waals surface area contributed by atoms with Gasteiger partial charge in [-0.05, 0) is 12.5 Å². The predicted molar refractivity (Wildman–Crippen MR) is 67.2 cm³/mol. The number of rotatable bonds is 5. The summed E-state index contributed by atoms with van der Waals surface area (Å²) >= 11 is 3.35. The van der Waals surface area contributed by atoms with Crippen molar-refractivity contribution < 1.29 is 9.90 Å². The van der Waals surface area contributed by atoms with Crippen molar-refractivity contribution in [3.05, 3.63) is 25.0 Å². The van der Waals surface area contributed by atoms with E-state index in [0.717, 1.165) is 17.8 Å². The molecule has 3 nitrogen and oxygen atoms in total. The third kappa shape index (κ3) is 3.21. The first-order valence-corrected chi connectivity index (χ1v) is 6.68. The van der Waals surface area contributed by atoms with Gasteiger partial charge in [-0.3, -0.25) is 4.79 Å². The SMILES string of the molecule is C=CCC1(C(=O)NCC=CO)SCCS1. The van der Waals surface area contributed by atoms with Crippen LogP contribution in [-0.4, -0.2) is 33.1 Å². The molecule has 1 aliphatic rings. The van der Waals surface area contributed by atoms with E-state index in [-0.39, 0.29) is 5.91 Å². The van der Waals surface area contributed by atoms with Crippen molar-refractivity contribution in [1.29, 1.82) is 0 Å². The summed E-state index contributed by atoms with van der Waals surface area (Å²) in [5, 5.41) is 11.2. The third-order valence-electron chi connectivity index (χ3n) is 2.00. The van der Waals surface area contributed by atoms with E-state index in [4.69, 9.17) is 5.11 Å². The van der Waals surface area contributed by atoms with Crippen molar-refractivity contribution in [2.24, 2.45) is 0 Å². The van der Waals surface area contributed by atoms with Crippen molar-refractivity contribution in [1.82, 2.24) is 5.32 Å². The lowest BCUT2D eigenvalue weighted by molar-refractivity contribution is -0.121. The minimum absolute atomic E-state index is 0.0213. The molecule has 5 heteroatoms. The summed E-state index contributed by atoms with van der Waals surface area (Å²) in [6.07, 6.45) is 4.91. The lowest BCUT2D eigenvalue weighted by Gasteiger charge is -2.24. The molecular weight excluding hydrogens is 230 g/mol. The Morgan fingerprint density at radius 2 is 2.20 bits per heavy atom. The molecule has 1 heterocycles. The second kappa shape index (κ2) is 6.12. The Morgan fingerprint density at radius 1 is 1.53 bits per heavy atom. The molecule has 0 aromatic carbocycles. The summed E-state index contributed by atoms with van der Waals surface area (Å²) in [6, 6.07) is 0. The number of carbonyl (C=O) groups is 1. The molecular formula is C10H15NO2S2. The second-order valence-corrected chi connectivity index (χ2v) is 6.08. The maximum Gasteiger partial charge on any atom is 0.246 e. The lowest BCUT2D eigenvalue weighted by Crippen LogP contribution is -2.40. The van der Waals surface area contributed by atoms with Crippen LogP contribution in [-0.2, 0) is 4.79 Å². The van der Waals surface area contributed by atoms with Gasteiger partial charge < -0.3 is 10.4 Å². The van der Waals surface area contributed by atoms with Crippen LogP contribution in [0.4, 0.5) is 0 Å². The van der Waals surface area contributed by atoms with Crippen LogP contribution in [0.15, 0.2) is 25.0 Å². The number of aliphatic hydroxyl groups is 1. The van der Waals surface area contributed by atoms with Gasteiger partial charge in [-0.25, -0.2) is 0 Å². The molecule has 0 spiro atoms. The van der Waals surface area contributed by atoms with Crippen LogP contribution in [0.3, 0.4) is 0 Å². The Hall–Kier alpha value is -0.550. The molecule has 1 fully saturated rings. The van der Waals surface area contributed by atoms with Gasteiger partial charge in [0.2, 0.25) is 5.91 Å². The zero-order valence-electron chi connectivity index (χ0n) is 8.44. The number of hydrogen-bond donors (Lipinski definition) is 2. The topological polar surface area (TPSA) is 49.3 Å². The Morgan fingerprint density at radius 3 is 2.73 bits per heavy atom. The second-order valence-electron chi connectivity index (χ2n) is 3.04. The number of nitrogens with one attached hydrogen (secondary N) is 1. The molecule has 0 aromatic rings. The number of carbonyl (C=O) groups excluding carboxylic acids is 1. The van der Waals surface area contributed by atoms with Crippen LogP contribution in [0.2, 0.25) is 0 Å². The molecule has 2 N–H and O–H groups in total. The molecule has 1 aliphatic heterocycles. The largest absolute Gasteiger partial charge is 0.516 e. The monoisotopic (exact) mass is 245 g/mol. The van der Waals surface area contributed by atoms with Crippen molar-refractivity contribution in [3.8, 4) is 0 Å². The quantitative estimate of drug-likeness (QED) is 0.574. The predicted octanol–water partition coefficient (Wildman–Crippen LogP) is 1.93. The van der Waals surface area contributed by atoms with Crippen LogP contribution in [0, 0.1) is 0 Å². The maximum absolute atomic E-state index is 11.9. The van der Waals surface area contributed by atoms with Crippen molar-refractivity contribution >= 4 is 29.4 Å². The Kier molecular flexibility index (Phi) is 5.11. The average molecular weight is 245 g/mol. The fourth-order valence-corrected chi connectivity index (χ4v) is 4.36. The van der Waals surface area contributed by atoms with Gasteiger partial charge in [0.25, 0.3) is 0 Å². The Balaban J connectivity index is 2.55. The molecule has 0 bridgehead atoms. The molecule has 0 radical (unpaired) electrons. The average Bonchev–Trinajstić information content (AvgIpc) is 2.68. The summed E-state index contributed by atoms with van der Waals surface area (Å²) in [6.45, 7) is 4.06. The first-order valence-electron chi connectivity index (χ1n) is 4.71. The van der Waals surface area contributed by atoms with Crippen LogP contribution >= 0.6 is 23.5 Å². The zero-order valence-corrected chi connectivity index (χ0v) is 10.1. The van der Waals surface area contributed by atoms with Crippen LogP contribution in [0.1, 0.15) is 6.42 Å².